The highest BCUT2D eigenvalue weighted by molar-refractivity contribution is 7.89. The van der Waals surface area contributed by atoms with Crippen LogP contribution in [0.5, 0.6) is 0 Å². The van der Waals surface area contributed by atoms with Crippen LogP contribution < -0.4 is 4.72 Å². The lowest BCUT2D eigenvalue weighted by molar-refractivity contribution is -0.139. The summed E-state index contributed by atoms with van der Waals surface area (Å²) in [5.41, 5.74) is -1.16. The second-order valence-electron chi connectivity index (χ2n) is 5.82. The fourth-order valence-corrected chi connectivity index (χ4v) is 3.68. The summed E-state index contributed by atoms with van der Waals surface area (Å²) in [4.78, 5) is 1.31. The molecule has 0 aliphatic rings. The Hall–Kier alpha value is -1.12. The molecule has 8 heteroatoms. The van der Waals surface area contributed by atoms with Crippen molar-refractivity contribution >= 4 is 10.0 Å². The van der Waals surface area contributed by atoms with E-state index in [9.17, 15) is 21.6 Å². The molecule has 0 radical (unpaired) electrons. The first-order chi connectivity index (χ1) is 10.5. The van der Waals surface area contributed by atoms with Crippen molar-refractivity contribution < 1.29 is 21.6 Å². The lowest BCUT2D eigenvalue weighted by Gasteiger charge is -2.30. The molecule has 0 saturated heterocycles. The first-order valence-electron chi connectivity index (χ1n) is 7.38. The molecule has 0 spiro atoms. The molecule has 1 aromatic rings. The van der Waals surface area contributed by atoms with E-state index in [4.69, 9.17) is 0 Å². The van der Waals surface area contributed by atoms with Crippen LogP contribution in [0.15, 0.2) is 29.2 Å². The number of hydrogen-bond donors (Lipinski definition) is 1. The maximum atomic E-state index is 12.9. The summed E-state index contributed by atoms with van der Waals surface area (Å²) < 4.78 is 65.5. The standard InChI is InChI=1S/C15H23F3N2O2S/c1-11(2)20(12(3)4)10-9-19-23(21,22)14-8-6-5-7-13(14)15(16,17)18/h5-8,11-12,19H,9-10H2,1-4H3. The van der Waals surface area contributed by atoms with Gasteiger partial charge in [0, 0.05) is 25.2 Å². The van der Waals surface area contributed by atoms with Gasteiger partial charge in [0.05, 0.1) is 10.5 Å². The van der Waals surface area contributed by atoms with Gasteiger partial charge in [0.1, 0.15) is 0 Å². The molecule has 0 aliphatic heterocycles. The number of nitrogens with zero attached hydrogens (tertiary/aromatic N) is 1. The molecule has 23 heavy (non-hydrogen) atoms. The molecule has 0 bridgehead atoms. The van der Waals surface area contributed by atoms with E-state index in [0.29, 0.717) is 6.54 Å². The molecule has 0 amide bonds. The first-order valence-corrected chi connectivity index (χ1v) is 8.86. The van der Waals surface area contributed by atoms with Crippen LogP contribution in [0.2, 0.25) is 0 Å². The smallest absolute Gasteiger partial charge is 0.297 e. The molecule has 0 unspecified atom stereocenters. The number of hydrogen-bond acceptors (Lipinski definition) is 3. The maximum Gasteiger partial charge on any atom is 0.417 e. The predicted octanol–water partition coefficient (Wildman–Crippen LogP) is 3.10. The average molecular weight is 352 g/mol. The van der Waals surface area contributed by atoms with Gasteiger partial charge in [0.2, 0.25) is 10.0 Å². The van der Waals surface area contributed by atoms with Gasteiger partial charge in [0.15, 0.2) is 0 Å². The van der Waals surface area contributed by atoms with Gasteiger partial charge in [0.25, 0.3) is 0 Å². The van der Waals surface area contributed by atoms with Crippen LogP contribution in [0, 0.1) is 0 Å². The molecule has 1 rings (SSSR count). The number of alkyl halides is 3. The molecule has 132 valence electrons. The van der Waals surface area contributed by atoms with Gasteiger partial charge in [-0.15, -0.1) is 0 Å². The summed E-state index contributed by atoms with van der Waals surface area (Å²) >= 11 is 0. The minimum atomic E-state index is -4.72. The number of halogens is 3. The molecule has 1 aromatic carbocycles. The lowest BCUT2D eigenvalue weighted by atomic mass is 10.2. The maximum absolute atomic E-state index is 12.9. The van der Waals surface area contributed by atoms with Crippen molar-refractivity contribution in [3.05, 3.63) is 29.8 Å². The molecular formula is C15H23F3N2O2S. The Morgan fingerprint density at radius 2 is 1.61 bits per heavy atom. The molecule has 0 saturated carbocycles. The second kappa shape index (κ2) is 7.63. The van der Waals surface area contributed by atoms with Crippen molar-refractivity contribution in [3.8, 4) is 0 Å². The zero-order chi connectivity index (χ0) is 17.8. The topological polar surface area (TPSA) is 49.4 Å². The van der Waals surface area contributed by atoms with Crippen molar-refractivity contribution in [1.82, 2.24) is 9.62 Å². The minimum Gasteiger partial charge on any atom is -0.297 e. The molecule has 0 fully saturated rings. The zero-order valence-electron chi connectivity index (χ0n) is 13.7. The van der Waals surface area contributed by atoms with E-state index in [1.807, 2.05) is 27.7 Å². The monoisotopic (exact) mass is 352 g/mol. The third kappa shape index (κ3) is 5.47. The van der Waals surface area contributed by atoms with E-state index in [-0.39, 0.29) is 18.6 Å². The van der Waals surface area contributed by atoms with Crippen molar-refractivity contribution in [2.24, 2.45) is 0 Å². The van der Waals surface area contributed by atoms with Gasteiger partial charge in [-0.3, -0.25) is 4.90 Å². The molecular weight excluding hydrogens is 329 g/mol. The number of sulfonamides is 1. The Kier molecular flexibility index (Phi) is 6.61. The Morgan fingerprint density at radius 3 is 2.09 bits per heavy atom. The zero-order valence-corrected chi connectivity index (χ0v) is 14.5. The number of nitrogens with one attached hydrogen (secondary N) is 1. The Balaban J connectivity index is 2.90. The van der Waals surface area contributed by atoms with Gasteiger partial charge in [-0.1, -0.05) is 12.1 Å². The fraction of sp³-hybridized carbons (Fsp3) is 0.600. The molecule has 0 aromatic heterocycles. The molecule has 0 atom stereocenters. The summed E-state index contributed by atoms with van der Waals surface area (Å²) in [6.45, 7) is 8.38. The molecule has 0 heterocycles. The van der Waals surface area contributed by atoms with Crippen LogP contribution in [0.4, 0.5) is 13.2 Å². The summed E-state index contributed by atoms with van der Waals surface area (Å²) in [5.74, 6) is 0. The van der Waals surface area contributed by atoms with E-state index in [1.54, 1.807) is 0 Å². The molecule has 4 nitrogen and oxygen atoms in total. The van der Waals surface area contributed by atoms with Crippen molar-refractivity contribution in [2.75, 3.05) is 13.1 Å². The minimum absolute atomic E-state index is 0.0465. The van der Waals surface area contributed by atoms with Gasteiger partial charge in [-0.2, -0.15) is 13.2 Å². The van der Waals surface area contributed by atoms with Crippen molar-refractivity contribution in [3.63, 3.8) is 0 Å². The van der Waals surface area contributed by atoms with Gasteiger partial charge >= 0.3 is 6.18 Å². The Bertz CT molecular complexity index is 605. The normalized spacial score (nSPS) is 13.3. The third-order valence-electron chi connectivity index (χ3n) is 3.47. The summed E-state index contributed by atoms with van der Waals surface area (Å²) in [6.07, 6.45) is -4.72. The highest BCUT2D eigenvalue weighted by atomic mass is 32.2. The average Bonchev–Trinajstić information content (AvgIpc) is 2.41. The van der Waals surface area contributed by atoms with E-state index >= 15 is 0 Å². The van der Waals surface area contributed by atoms with Crippen molar-refractivity contribution in [2.45, 2.75) is 50.9 Å². The largest absolute Gasteiger partial charge is 0.417 e. The molecule has 1 N–H and O–H groups in total. The fourth-order valence-electron chi connectivity index (χ4n) is 2.43. The van der Waals surface area contributed by atoms with Gasteiger partial charge in [-0.05, 0) is 39.8 Å². The van der Waals surface area contributed by atoms with Crippen LogP contribution in [-0.2, 0) is 16.2 Å². The number of rotatable bonds is 7. The van der Waals surface area contributed by atoms with E-state index in [2.05, 4.69) is 9.62 Å². The van der Waals surface area contributed by atoms with Crippen LogP contribution in [-0.4, -0.2) is 38.5 Å². The Morgan fingerprint density at radius 1 is 1.09 bits per heavy atom. The summed E-state index contributed by atoms with van der Waals surface area (Å²) in [6, 6.07) is 4.60. The van der Waals surface area contributed by atoms with Crippen LogP contribution in [0.3, 0.4) is 0 Å². The first kappa shape index (κ1) is 19.9. The third-order valence-corrected chi connectivity index (χ3v) is 4.99. The van der Waals surface area contributed by atoms with Gasteiger partial charge < -0.3 is 0 Å². The summed E-state index contributed by atoms with van der Waals surface area (Å²) in [7, 11) is -4.22. The highest BCUT2D eigenvalue weighted by Gasteiger charge is 2.36. The predicted molar refractivity (Wildman–Crippen MR) is 83.6 cm³/mol. The second-order valence-corrected chi connectivity index (χ2v) is 7.55. The molecule has 0 aliphatic carbocycles. The Labute approximate surface area is 135 Å². The number of benzene rings is 1. The van der Waals surface area contributed by atoms with E-state index < -0.39 is 26.7 Å². The van der Waals surface area contributed by atoms with Gasteiger partial charge in [-0.25, -0.2) is 13.1 Å². The van der Waals surface area contributed by atoms with Crippen LogP contribution in [0.25, 0.3) is 0 Å². The van der Waals surface area contributed by atoms with Crippen LogP contribution >= 0.6 is 0 Å². The van der Waals surface area contributed by atoms with Crippen LogP contribution in [0.1, 0.15) is 33.3 Å². The SMILES string of the molecule is CC(C)N(CCNS(=O)(=O)c1ccccc1C(F)(F)F)C(C)C. The highest BCUT2D eigenvalue weighted by Crippen LogP contribution is 2.33. The van der Waals surface area contributed by atoms with E-state index in [1.165, 1.54) is 12.1 Å². The van der Waals surface area contributed by atoms with Crippen molar-refractivity contribution in [1.29, 1.82) is 0 Å². The lowest BCUT2D eigenvalue weighted by Crippen LogP contribution is -2.42. The quantitative estimate of drug-likeness (QED) is 0.820. The summed E-state index contributed by atoms with van der Waals surface area (Å²) in [5, 5.41) is 0. The van der Waals surface area contributed by atoms with E-state index in [0.717, 1.165) is 12.1 Å².